The molecule has 0 amide bonds. The zero-order chi connectivity index (χ0) is 20.2. The Labute approximate surface area is 153 Å². The number of hydrogen-bond acceptors (Lipinski definition) is 5. The van der Waals surface area contributed by atoms with Crippen molar-refractivity contribution in [2.75, 3.05) is 13.2 Å². The highest BCUT2D eigenvalue weighted by atomic mass is 19.4. The molecule has 27 heavy (non-hydrogen) atoms. The predicted octanol–water partition coefficient (Wildman–Crippen LogP) is 3.29. The van der Waals surface area contributed by atoms with Gasteiger partial charge in [0.2, 0.25) is 5.90 Å². The Kier molecular flexibility index (Phi) is 6.72. The number of ether oxygens (including phenoxy) is 2. The predicted molar refractivity (Wildman–Crippen MR) is 88.9 cm³/mol. The maximum atomic E-state index is 14.3. The average Bonchev–Trinajstić information content (AvgIpc) is 2.61. The molecule has 3 atom stereocenters. The summed E-state index contributed by atoms with van der Waals surface area (Å²) in [5.41, 5.74) is -1.22. The molecule has 0 aromatic heterocycles. The number of halogens is 4. The number of benzene rings is 1. The summed E-state index contributed by atoms with van der Waals surface area (Å²) in [4.78, 5) is 15.4. The van der Waals surface area contributed by atoms with E-state index < -0.39 is 41.2 Å². The second-order valence-corrected chi connectivity index (χ2v) is 5.94. The number of rotatable bonds is 6. The van der Waals surface area contributed by atoms with Gasteiger partial charge < -0.3 is 19.4 Å². The van der Waals surface area contributed by atoms with Gasteiger partial charge in [0.1, 0.15) is 12.4 Å². The highest BCUT2D eigenvalue weighted by molar-refractivity contribution is 5.86. The number of aliphatic hydroxyl groups is 1. The van der Waals surface area contributed by atoms with Crippen molar-refractivity contribution < 1.29 is 36.9 Å². The summed E-state index contributed by atoms with van der Waals surface area (Å²) in [5, 5.41) is 9.56. The standard InChI is InChI=1S/C18H19F4NO4/c1-3-26-14(9-25)15-11(8-24)4-5-23-17(15)27-16-10(2)6-12(7-13(16)19)18(20,21)22/h4-7,9,11,14-15,24H,3,8H2,1-2H3. The van der Waals surface area contributed by atoms with E-state index in [-0.39, 0.29) is 24.7 Å². The Balaban J connectivity index is 2.40. The fourth-order valence-electron chi connectivity index (χ4n) is 2.82. The summed E-state index contributed by atoms with van der Waals surface area (Å²) in [5.74, 6) is -3.20. The first kappa shape index (κ1) is 21.0. The number of hydrogen-bond donors (Lipinski definition) is 1. The Hall–Kier alpha value is -2.26. The lowest BCUT2D eigenvalue weighted by Gasteiger charge is -2.30. The minimum Gasteiger partial charge on any atom is -0.439 e. The molecule has 1 aromatic rings. The minimum absolute atomic E-state index is 0.0852. The molecule has 0 saturated carbocycles. The highest BCUT2D eigenvalue weighted by Crippen LogP contribution is 2.35. The van der Waals surface area contributed by atoms with Gasteiger partial charge in [-0.15, -0.1) is 0 Å². The monoisotopic (exact) mass is 389 g/mol. The van der Waals surface area contributed by atoms with Crippen LogP contribution in [0.1, 0.15) is 18.1 Å². The van der Waals surface area contributed by atoms with Crippen LogP contribution >= 0.6 is 0 Å². The largest absolute Gasteiger partial charge is 0.439 e. The first-order chi connectivity index (χ1) is 12.7. The van der Waals surface area contributed by atoms with Gasteiger partial charge in [-0.05, 0) is 31.5 Å². The van der Waals surface area contributed by atoms with Gasteiger partial charge in [-0.3, -0.25) is 0 Å². The van der Waals surface area contributed by atoms with Crippen LogP contribution in [0.2, 0.25) is 0 Å². The number of aliphatic hydroxyl groups excluding tert-OH is 1. The SMILES string of the molecule is CCOC(C=O)C1C(Oc2c(C)cc(C(F)(F)F)cc2F)=NC=CC1CO. The van der Waals surface area contributed by atoms with Crippen LogP contribution in [0.4, 0.5) is 17.6 Å². The third kappa shape index (κ3) is 4.72. The molecule has 0 spiro atoms. The van der Waals surface area contributed by atoms with Crippen LogP contribution in [-0.4, -0.2) is 36.6 Å². The molecule has 148 valence electrons. The fourth-order valence-corrected chi connectivity index (χ4v) is 2.82. The van der Waals surface area contributed by atoms with E-state index in [1.165, 1.54) is 13.1 Å². The Morgan fingerprint density at radius 3 is 2.59 bits per heavy atom. The summed E-state index contributed by atoms with van der Waals surface area (Å²) in [7, 11) is 0. The normalized spacial score (nSPS) is 20.9. The summed E-state index contributed by atoms with van der Waals surface area (Å²) in [6, 6.07) is 1.09. The summed E-state index contributed by atoms with van der Waals surface area (Å²) in [6.07, 6.45) is -2.34. The molecular weight excluding hydrogens is 370 g/mol. The van der Waals surface area contributed by atoms with E-state index in [2.05, 4.69) is 4.99 Å². The lowest BCUT2D eigenvalue weighted by molar-refractivity contribution is -0.137. The minimum atomic E-state index is -4.70. The molecule has 0 aliphatic carbocycles. The van der Waals surface area contributed by atoms with Gasteiger partial charge in [0.25, 0.3) is 0 Å². The fraction of sp³-hybridized carbons (Fsp3) is 0.444. The van der Waals surface area contributed by atoms with Crippen LogP contribution in [0.5, 0.6) is 5.75 Å². The Morgan fingerprint density at radius 1 is 1.37 bits per heavy atom. The third-order valence-electron chi connectivity index (χ3n) is 4.10. The van der Waals surface area contributed by atoms with Crippen molar-refractivity contribution >= 4 is 12.2 Å². The Bertz CT molecular complexity index is 722. The lowest BCUT2D eigenvalue weighted by Crippen LogP contribution is -2.42. The molecule has 1 aliphatic rings. The third-order valence-corrected chi connectivity index (χ3v) is 4.10. The van der Waals surface area contributed by atoms with Crippen LogP contribution in [0.25, 0.3) is 0 Å². The summed E-state index contributed by atoms with van der Waals surface area (Å²) >= 11 is 0. The number of aldehydes is 1. The van der Waals surface area contributed by atoms with E-state index in [0.717, 1.165) is 6.07 Å². The number of carbonyl (C=O) groups is 1. The van der Waals surface area contributed by atoms with Gasteiger partial charge in [0, 0.05) is 18.7 Å². The molecular formula is C18H19F4NO4. The molecule has 1 aromatic carbocycles. The zero-order valence-corrected chi connectivity index (χ0v) is 14.7. The number of aliphatic imine (C=N–C) groups is 1. The highest BCUT2D eigenvalue weighted by Gasteiger charge is 2.37. The summed E-state index contributed by atoms with van der Waals surface area (Å²) in [6.45, 7) is 2.78. The quantitative estimate of drug-likeness (QED) is 0.599. The molecule has 0 radical (unpaired) electrons. The number of nitrogens with zero attached hydrogens (tertiary/aromatic N) is 1. The van der Waals surface area contributed by atoms with E-state index in [4.69, 9.17) is 9.47 Å². The average molecular weight is 389 g/mol. The maximum absolute atomic E-state index is 14.3. The molecule has 2 rings (SSSR count). The first-order valence-corrected chi connectivity index (χ1v) is 8.20. The van der Waals surface area contributed by atoms with Crippen molar-refractivity contribution in [1.82, 2.24) is 0 Å². The second kappa shape index (κ2) is 8.62. The number of alkyl halides is 3. The van der Waals surface area contributed by atoms with Gasteiger partial charge in [-0.2, -0.15) is 13.2 Å². The van der Waals surface area contributed by atoms with Crippen LogP contribution in [0, 0.1) is 24.6 Å². The van der Waals surface area contributed by atoms with Crippen LogP contribution in [0.15, 0.2) is 29.4 Å². The van der Waals surface area contributed by atoms with Crippen molar-refractivity contribution in [2.45, 2.75) is 26.1 Å². The molecule has 3 unspecified atom stereocenters. The summed E-state index contributed by atoms with van der Waals surface area (Å²) < 4.78 is 63.5. The van der Waals surface area contributed by atoms with E-state index in [1.807, 2.05) is 0 Å². The molecule has 0 fully saturated rings. The van der Waals surface area contributed by atoms with Gasteiger partial charge in [-0.25, -0.2) is 9.38 Å². The van der Waals surface area contributed by atoms with Gasteiger partial charge >= 0.3 is 6.18 Å². The molecule has 5 nitrogen and oxygen atoms in total. The molecule has 1 N–H and O–H groups in total. The van der Waals surface area contributed by atoms with Crippen molar-refractivity contribution in [1.29, 1.82) is 0 Å². The maximum Gasteiger partial charge on any atom is 0.416 e. The molecule has 1 heterocycles. The molecule has 9 heteroatoms. The van der Waals surface area contributed by atoms with Gasteiger partial charge in [-0.1, -0.05) is 6.08 Å². The Morgan fingerprint density at radius 2 is 2.07 bits per heavy atom. The van der Waals surface area contributed by atoms with E-state index in [0.29, 0.717) is 12.4 Å². The number of carbonyl (C=O) groups excluding carboxylic acids is 1. The molecule has 0 saturated heterocycles. The van der Waals surface area contributed by atoms with Crippen molar-refractivity contribution in [2.24, 2.45) is 16.8 Å². The lowest BCUT2D eigenvalue weighted by atomic mass is 9.86. The van der Waals surface area contributed by atoms with Crippen molar-refractivity contribution in [3.05, 3.63) is 41.4 Å². The van der Waals surface area contributed by atoms with Crippen LogP contribution in [-0.2, 0) is 15.7 Å². The van der Waals surface area contributed by atoms with Gasteiger partial charge in [0.05, 0.1) is 18.1 Å². The van der Waals surface area contributed by atoms with Gasteiger partial charge in [0.15, 0.2) is 11.6 Å². The topological polar surface area (TPSA) is 68.1 Å². The molecule has 0 bridgehead atoms. The van der Waals surface area contributed by atoms with Crippen LogP contribution < -0.4 is 4.74 Å². The van der Waals surface area contributed by atoms with E-state index in [1.54, 1.807) is 13.0 Å². The second-order valence-electron chi connectivity index (χ2n) is 5.94. The van der Waals surface area contributed by atoms with Crippen molar-refractivity contribution in [3.8, 4) is 5.75 Å². The van der Waals surface area contributed by atoms with E-state index >= 15 is 0 Å². The zero-order valence-electron chi connectivity index (χ0n) is 14.7. The first-order valence-electron chi connectivity index (χ1n) is 8.20. The van der Waals surface area contributed by atoms with Crippen molar-refractivity contribution in [3.63, 3.8) is 0 Å². The molecule has 1 aliphatic heterocycles. The smallest absolute Gasteiger partial charge is 0.416 e. The van der Waals surface area contributed by atoms with Crippen LogP contribution in [0.3, 0.4) is 0 Å². The van der Waals surface area contributed by atoms with E-state index in [9.17, 15) is 27.5 Å². The number of aryl methyl sites for hydroxylation is 1.